The number of aromatic nitrogens is 2. The van der Waals surface area contributed by atoms with Crippen molar-refractivity contribution < 1.29 is 8.83 Å². The summed E-state index contributed by atoms with van der Waals surface area (Å²) in [7, 11) is 0. The zero-order valence-corrected chi connectivity index (χ0v) is 18.9. The third-order valence-corrected chi connectivity index (χ3v) is 3.77. The molecule has 2 aromatic rings. The van der Waals surface area contributed by atoms with E-state index in [4.69, 9.17) is 8.83 Å². The third kappa shape index (κ3) is 6.30. The lowest BCUT2D eigenvalue weighted by molar-refractivity contribution is 0.335. The van der Waals surface area contributed by atoms with E-state index in [0.29, 0.717) is 0 Å². The molecule has 0 fully saturated rings. The van der Waals surface area contributed by atoms with Crippen molar-refractivity contribution in [3.05, 3.63) is 35.7 Å². The van der Waals surface area contributed by atoms with E-state index < -0.39 is 0 Å². The minimum atomic E-state index is 0.00347. The van der Waals surface area contributed by atoms with Gasteiger partial charge in [0, 0.05) is 21.7 Å². The lowest BCUT2D eigenvalue weighted by Crippen LogP contribution is -2.12. The van der Waals surface area contributed by atoms with E-state index >= 15 is 0 Å². The summed E-state index contributed by atoms with van der Waals surface area (Å²) in [5.74, 6) is 3.55. The molecule has 0 aliphatic heterocycles. The van der Waals surface area contributed by atoms with Crippen molar-refractivity contribution in [1.82, 2.24) is 9.97 Å². The molecule has 2 rings (SSSR count). The highest BCUT2D eigenvalue weighted by Crippen LogP contribution is 2.29. The topological polar surface area (TPSA) is 52.1 Å². The fourth-order valence-electron chi connectivity index (χ4n) is 1.94. The molecule has 4 heteroatoms. The van der Waals surface area contributed by atoms with Crippen LogP contribution in [0.5, 0.6) is 0 Å². The maximum atomic E-state index is 5.70. The summed E-state index contributed by atoms with van der Waals surface area (Å²) in [6.07, 6.45) is 3.67. The lowest BCUT2D eigenvalue weighted by atomic mass is 9.94. The fourth-order valence-corrected chi connectivity index (χ4v) is 1.94. The second-order valence-electron chi connectivity index (χ2n) is 11.1. The van der Waals surface area contributed by atoms with E-state index in [1.165, 1.54) is 0 Å². The quantitative estimate of drug-likeness (QED) is 0.534. The van der Waals surface area contributed by atoms with Crippen molar-refractivity contribution in [3.8, 4) is 0 Å². The first kappa shape index (κ1) is 22.5. The van der Waals surface area contributed by atoms with Crippen molar-refractivity contribution in [2.24, 2.45) is 0 Å². The van der Waals surface area contributed by atoms with E-state index in [9.17, 15) is 0 Å². The number of nitrogens with zero attached hydrogens (tertiary/aromatic N) is 2. The van der Waals surface area contributed by atoms with Gasteiger partial charge in [-0.15, -0.1) is 0 Å². The molecular formula is C22H38N2O2. The Kier molecular flexibility index (Phi) is 6.22. The molecule has 0 unspecified atom stereocenters. The van der Waals surface area contributed by atoms with Crippen LogP contribution in [0.15, 0.2) is 21.2 Å². The van der Waals surface area contributed by atoms with E-state index in [1.54, 1.807) is 0 Å². The Morgan fingerprint density at radius 1 is 0.500 bits per heavy atom. The van der Waals surface area contributed by atoms with Gasteiger partial charge < -0.3 is 8.83 Å². The Labute approximate surface area is 159 Å². The largest absolute Gasteiger partial charge is 0.445 e. The Balaban J connectivity index is 0.000000260. The summed E-state index contributed by atoms with van der Waals surface area (Å²) < 4.78 is 11.4. The lowest BCUT2D eigenvalue weighted by Gasteiger charge is -2.16. The van der Waals surface area contributed by atoms with Crippen LogP contribution in [0.4, 0.5) is 0 Å². The Hall–Kier alpha value is -1.58. The monoisotopic (exact) mass is 362 g/mol. The maximum Gasteiger partial charge on any atom is 0.199 e. The van der Waals surface area contributed by atoms with Crippen LogP contribution >= 0.6 is 0 Å². The first-order valence-corrected chi connectivity index (χ1v) is 9.36. The summed E-state index contributed by atoms with van der Waals surface area (Å²) >= 11 is 0. The van der Waals surface area contributed by atoms with Crippen LogP contribution in [0.2, 0.25) is 0 Å². The highest BCUT2D eigenvalue weighted by molar-refractivity contribution is 5.10. The molecule has 148 valence electrons. The molecule has 0 radical (unpaired) electrons. The number of hydrogen-bond donors (Lipinski definition) is 0. The van der Waals surface area contributed by atoms with Gasteiger partial charge in [0.2, 0.25) is 0 Å². The normalized spacial score (nSPS) is 13.4. The van der Waals surface area contributed by atoms with E-state index in [2.05, 4.69) is 93.1 Å². The van der Waals surface area contributed by atoms with Gasteiger partial charge in [0.15, 0.2) is 11.8 Å². The smallest absolute Gasteiger partial charge is 0.199 e. The highest BCUT2D eigenvalue weighted by atomic mass is 16.4. The first-order chi connectivity index (χ1) is 11.4. The molecule has 2 heterocycles. The summed E-state index contributed by atoms with van der Waals surface area (Å²) in [6, 6.07) is 0. The van der Waals surface area contributed by atoms with Crippen LogP contribution in [0, 0.1) is 0 Å². The minimum absolute atomic E-state index is 0.00347. The molecule has 4 nitrogen and oxygen atoms in total. The van der Waals surface area contributed by atoms with Gasteiger partial charge in [-0.1, -0.05) is 83.1 Å². The summed E-state index contributed by atoms with van der Waals surface area (Å²) in [5, 5.41) is 0. The van der Waals surface area contributed by atoms with Crippen molar-refractivity contribution in [1.29, 1.82) is 0 Å². The van der Waals surface area contributed by atoms with Gasteiger partial charge in [0.25, 0.3) is 0 Å². The van der Waals surface area contributed by atoms with Crippen molar-refractivity contribution in [2.75, 3.05) is 0 Å². The van der Waals surface area contributed by atoms with Gasteiger partial charge in [-0.25, -0.2) is 9.97 Å². The SMILES string of the molecule is CC(C)(C)c1cnc(C(C)(C)C)o1.CC(C)(C)c1cnc(C(C)(C)C)o1. The molecule has 0 atom stereocenters. The molecule has 0 aromatic carbocycles. The number of oxazole rings is 2. The molecule has 0 amide bonds. The molecule has 0 aliphatic carbocycles. The van der Waals surface area contributed by atoms with E-state index in [0.717, 1.165) is 23.3 Å². The second-order valence-corrected chi connectivity index (χ2v) is 11.1. The predicted molar refractivity (Wildman–Crippen MR) is 108 cm³/mol. The second kappa shape index (κ2) is 7.21. The molecule has 0 aliphatic rings. The van der Waals surface area contributed by atoms with E-state index in [-0.39, 0.29) is 21.7 Å². The van der Waals surface area contributed by atoms with Gasteiger partial charge in [-0.05, 0) is 0 Å². The average Bonchev–Trinajstić information content (AvgIpc) is 3.06. The standard InChI is InChI=1S/2C11H19NO/c2*1-10(2,3)8-7-12-9(13-8)11(4,5)6/h2*7H,1-6H3. The maximum absolute atomic E-state index is 5.70. The van der Waals surface area contributed by atoms with Crippen LogP contribution in [0.3, 0.4) is 0 Å². The predicted octanol–water partition coefficient (Wildman–Crippen LogP) is 6.54. The molecule has 2 aromatic heterocycles. The molecule has 0 saturated heterocycles. The molecule has 0 saturated carbocycles. The number of hydrogen-bond acceptors (Lipinski definition) is 4. The number of rotatable bonds is 0. The first-order valence-electron chi connectivity index (χ1n) is 9.36. The van der Waals surface area contributed by atoms with Gasteiger partial charge >= 0.3 is 0 Å². The minimum Gasteiger partial charge on any atom is -0.445 e. The van der Waals surface area contributed by atoms with Gasteiger partial charge in [0.1, 0.15) is 11.5 Å². The average molecular weight is 363 g/mol. The van der Waals surface area contributed by atoms with Crippen LogP contribution < -0.4 is 0 Å². The van der Waals surface area contributed by atoms with Crippen LogP contribution in [0.25, 0.3) is 0 Å². The van der Waals surface area contributed by atoms with Crippen LogP contribution in [-0.2, 0) is 21.7 Å². The molecule has 0 spiro atoms. The van der Waals surface area contributed by atoms with Crippen LogP contribution in [0.1, 0.15) is 106 Å². The molecule has 26 heavy (non-hydrogen) atoms. The van der Waals surface area contributed by atoms with Gasteiger partial charge in [-0.2, -0.15) is 0 Å². The zero-order valence-electron chi connectivity index (χ0n) is 18.9. The molecule has 0 bridgehead atoms. The van der Waals surface area contributed by atoms with E-state index in [1.807, 2.05) is 12.4 Å². The van der Waals surface area contributed by atoms with Crippen molar-refractivity contribution >= 4 is 0 Å². The highest BCUT2D eigenvalue weighted by Gasteiger charge is 2.25. The Morgan fingerprint density at radius 2 is 0.769 bits per heavy atom. The third-order valence-electron chi connectivity index (χ3n) is 3.77. The Bertz CT molecular complexity index is 577. The van der Waals surface area contributed by atoms with Crippen molar-refractivity contribution in [3.63, 3.8) is 0 Å². The Morgan fingerprint density at radius 3 is 0.885 bits per heavy atom. The van der Waals surface area contributed by atoms with Gasteiger partial charge in [0.05, 0.1) is 12.4 Å². The molecule has 0 N–H and O–H groups in total. The fraction of sp³-hybridized carbons (Fsp3) is 0.727. The summed E-state index contributed by atoms with van der Waals surface area (Å²) in [4.78, 5) is 8.57. The zero-order chi connectivity index (χ0) is 20.6. The van der Waals surface area contributed by atoms with Crippen LogP contribution in [-0.4, -0.2) is 9.97 Å². The van der Waals surface area contributed by atoms with Gasteiger partial charge in [-0.3, -0.25) is 0 Å². The summed E-state index contributed by atoms with van der Waals surface area (Å²) in [6.45, 7) is 25.4. The van der Waals surface area contributed by atoms with Crippen molar-refractivity contribution in [2.45, 2.75) is 105 Å². The molecular weight excluding hydrogens is 324 g/mol. The summed E-state index contributed by atoms with van der Waals surface area (Å²) in [5.41, 5.74) is 0.111.